The van der Waals surface area contributed by atoms with Gasteiger partial charge in [-0.2, -0.15) is 0 Å². The molecule has 0 spiro atoms. The Balaban J connectivity index is 1.61. The van der Waals surface area contributed by atoms with E-state index in [1.165, 1.54) is 12.3 Å². The Labute approximate surface area is 158 Å². The van der Waals surface area contributed by atoms with Crippen LogP contribution in [0.25, 0.3) is 0 Å². The first kappa shape index (κ1) is 18.3. The molecular weight excluding hydrogens is 338 g/mol. The molecule has 1 heterocycles. The number of aromatic nitrogens is 1. The van der Waals surface area contributed by atoms with E-state index in [0.717, 1.165) is 23.2 Å². The zero-order valence-electron chi connectivity index (χ0n) is 15.1. The van der Waals surface area contributed by atoms with Gasteiger partial charge in [0, 0.05) is 24.0 Å². The van der Waals surface area contributed by atoms with Crippen LogP contribution in [0.2, 0.25) is 0 Å². The molecular formula is C22H21N3O2. The minimum absolute atomic E-state index is 0.203. The lowest BCUT2D eigenvalue weighted by Gasteiger charge is -2.09. The smallest absolute Gasteiger partial charge is 0.274 e. The van der Waals surface area contributed by atoms with Gasteiger partial charge in [-0.3, -0.25) is 14.6 Å². The molecule has 5 nitrogen and oxygen atoms in total. The van der Waals surface area contributed by atoms with Crippen LogP contribution in [-0.2, 0) is 6.42 Å². The average molecular weight is 359 g/mol. The Hall–Kier alpha value is -3.47. The molecule has 2 N–H and O–H groups in total. The molecule has 3 aromatic rings. The monoisotopic (exact) mass is 359 g/mol. The summed E-state index contributed by atoms with van der Waals surface area (Å²) in [4.78, 5) is 28.9. The van der Waals surface area contributed by atoms with Crippen LogP contribution in [0.15, 0.2) is 72.9 Å². The van der Waals surface area contributed by atoms with E-state index in [1.807, 2.05) is 61.5 Å². The van der Waals surface area contributed by atoms with Crippen molar-refractivity contribution in [2.24, 2.45) is 0 Å². The van der Waals surface area contributed by atoms with Crippen molar-refractivity contribution in [3.8, 4) is 0 Å². The third-order valence-corrected chi connectivity index (χ3v) is 4.19. The van der Waals surface area contributed by atoms with Crippen LogP contribution >= 0.6 is 0 Å². The highest BCUT2D eigenvalue weighted by atomic mass is 16.2. The third-order valence-electron chi connectivity index (χ3n) is 4.19. The van der Waals surface area contributed by atoms with Crippen LogP contribution < -0.4 is 10.6 Å². The number of benzene rings is 2. The van der Waals surface area contributed by atoms with Crippen molar-refractivity contribution in [2.45, 2.75) is 13.3 Å². The van der Waals surface area contributed by atoms with Crippen LogP contribution in [-0.4, -0.2) is 23.3 Å². The van der Waals surface area contributed by atoms with E-state index in [2.05, 4.69) is 15.6 Å². The van der Waals surface area contributed by atoms with E-state index in [9.17, 15) is 9.59 Å². The number of carbonyl (C=O) groups is 2. The second kappa shape index (κ2) is 8.76. The van der Waals surface area contributed by atoms with Crippen molar-refractivity contribution in [3.05, 3.63) is 95.3 Å². The number of anilines is 1. The number of hydrogen-bond donors (Lipinski definition) is 2. The van der Waals surface area contributed by atoms with Crippen molar-refractivity contribution in [1.29, 1.82) is 0 Å². The zero-order chi connectivity index (χ0) is 19.1. The number of para-hydroxylation sites is 1. The Bertz CT molecular complexity index is 939. The minimum Gasteiger partial charge on any atom is -0.352 e. The van der Waals surface area contributed by atoms with Crippen LogP contribution in [0.1, 0.15) is 32.0 Å². The van der Waals surface area contributed by atoms with Gasteiger partial charge in [0.05, 0.1) is 0 Å². The van der Waals surface area contributed by atoms with E-state index in [0.29, 0.717) is 12.1 Å². The molecule has 2 amide bonds. The maximum atomic E-state index is 12.4. The largest absolute Gasteiger partial charge is 0.352 e. The number of carbonyl (C=O) groups excluding carboxylic acids is 2. The lowest BCUT2D eigenvalue weighted by atomic mass is 10.1. The van der Waals surface area contributed by atoms with E-state index in [1.54, 1.807) is 6.07 Å². The Morgan fingerprint density at radius 2 is 1.67 bits per heavy atom. The summed E-state index contributed by atoms with van der Waals surface area (Å²) in [5, 5.41) is 5.70. The molecule has 0 unspecified atom stereocenters. The van der Waals surface area contributed by atoms with Gasteiger partial charge in [0.1, 0.15) is 5.69 Å². The first-order valence-corrected chi connectivity index (χ1v) is 8.78. The lowest BCUT2D eigenvalue weighted by molar-refractivity contribution is 0.0954. The lowest BCUT2D eigenvalue weighted by Crippen LogP contribution is -2.26. The molecule has 0 bridgehead atoms. The van der Waals surface area contributed by atoms with Gasteiger partial charge >= 0.3 is 0 Å². The first-order valence-electron chi connectivity index (χ1n) is 8.78. The van der Waals surface area contributed by atoms with E-state index >= 15 is 0 Å². The van der Waals surface area contributed by atoms with Gasteiger partial charge in [0.2, 0.25) is 0 Å². The summed E-state index contributed by atoms with van der Waals surface area (Å²) in [6.45, 7) is 2.44. The predicted molar refractivity (Wildman–Crippen MR) is 106 cm³/mol. The molecule has 3 rings (SSSR count). The molecule has 5 heteroatoms. The topological polar surface area (TPSA) is 71.1 Å². The number of hydrogen-bond acceptors (Lipinski definition) is 3. The molecule has 0 aliphatic rings. The second-order valence-electron chi connectivity index (χ2n) is 6.19. The van der Waals surface area contributed by atoms with E-state index in [4.69, 9.17) is 0 Å². The van der Waals surface area contributed by atoms with Crippen molar-refractivity contribution in [2.75, 3.05) is 11.9 Å². The van der Waals surface area contributed by atoms with Gasteiger partial charge in [0.15, 0.2) is 0 Å². The Kier molecular flexibility index (Phi) is 5.94. The summed E-state index contributed by atoms with van der Waals surface area (Å²) < 4.78 is 0. The minimum atomic E-state index is -0.344. The first-order chi connectivity index (χ1) is 13.1. The fourth-order valence-corrected chi connectivity index (χ4v) is 2.66. The van der Waals surface area contributed by atoms with Crippen LogP contribution in [0, 0.1) is 6.92 Å². The SMILES string of the molecule is Cc1ccccc1NC(=O)c1cc(C(=O)NCCc2ccccc2)ccn1. The van der Waals surface area contributed by atoms with Crippen molar-refractivity contribution in [3.63, 3.8) is 0 Å². The van der Waals surface area contributed by atoms with Crippen molar-refractivity contribution in [1.82, 2.24) is 10.3 Å². The molecule has 0 fully saturated rings. The van der Waals surface area contributed by atoms with Gasteiger partial charge in [-0.15, -0.1) is 0 Å². The number of pyridine rings is 1. The standard InChI is InChI=1S/C22H21N3O2/c1-16-7-5-6-10-19(16)25-22(27)20-15-18(12-14-23-20)21(26)24-13-11-17-8-3-2-4-9-17/h2-10,12,14-15H,11,13H2,1H3,(H,24,26)(H,25,27). The second-order valence-corrected chi connectivity index (χ2v) is 6.19. The zero-order valence-corrected chi connectivity index (χ0v) is 15.1. The maximum absolute atomic E-state index is 12.4. The quantitative estimate of drug-likeness (QED) is 0.706. The fourth-order valence-electron chi connectivity index (χ4n) is 2.66. The number of rotatable bonds is 6. The summed E-state index contributed by atoms with van der Waals surface area (Å²) in [7, 11) is 0. The van der Waals surface area contributed by atoms with Crippen LogP contribution in [0.4, 0.5) is 5.69 Å². The molecule has 0 aliphatic carbocycles. The predicted octanol–water partition coefficient (Wildman–Crippen LogP) is 3.61. The summed E-state index contributed by atoms with van der Waals surface area (Å²) in [5.41, 5.74) is 3.45. The molecule has 27 heavy (non-hydrogen) atoms. The Morgan fingerprint density at radius 1 is 0.926 bits per heavy atom. The molecule has 0 aliphatic heterocycles. The molecule has 0 saturated heterocycles. The number of amides is 2. The highest BCUT2D eigenvalue weighted by molar-refractivity contribution is 6.05. The maximum Gasteiger partial charge on any atom is 0.274 e. The summed E-state index contributed by atoms with van der Waals surface area (Å²) in [6, 6.07) is 20.6. The van der Waals surface area contributed by atoms with E-state index in [-0.39, 0.29) is 17.5 Å². The fraction of sp³-hybridized carbons (Fsp3) is 0.136. The van der Waals surface area contributed by atoms with Gasteiger partial charge in [-0.1, -0.05) is 48.5 Å². The van der Waals surface area contributed by atoms with Crippen molar-refractivity contribution >= 4 is 17.5 Å². The summed E-state index contributed by atoms with van der Waals surface area (Å²) in [5.74, 6) is -0.568. The summed E-state index contributed by atoms with van der Waals surface area (Å²) >= 11 is 0. The van der Waals surface area contributed by atoms with Gasteiger partial charge in [0.25, 0.3) is 11.8 Å². The van der Waals surface area contributed by atoms with Crippen LogP contribution in [0.3, 0.4) is 0 Å². The van der Waals surface area contributed by atoms with Crippen molar-refractivity contribution < 1.29 is 9.59 Å². The molecule has 136 valence electrons. The highest BCUT2D eigenvalue weighted by Gasteiger charge is 2.12. The average Bonchev–Trinajstić information content (AvgIpc) is 2.70. The number of nitrogens with one attached hydrogen (secondary N) is 2. The highest BCUT2D eigenvalue weighted by Crippen LogP contribution is 2.14. The number of aryl methyl sites for hydroxylation is 1. The molecule has 0 atom stereocenters. The van der Waals surface area contributed by atoms with Gasteiger partial charge in [-0.25, -0.2) is 0 Å². The third kappa shape index (κ3) is 5.01. The Morgan fingerprint density at radius 3 is 2.44 bits per heavy atom. The molecule has 0 saturated carbocycles. The molecule has 1 aromatic heterocycles. The molecule has 2 aromatic carbocycles. The normalized spacial score (nSPS) is 10.3. The molecule has 0 radical (unpaired) electrons. The van der Waals surface area contributed by atoms with Crippen LogP contribution in [0.5, 0.6) is 0 Å². The van der Waals surface area contributed by atoms with E-state index < -0.39 is 0 Å². The van der Waals surface area contributed by atoms with Gasteiger partial charge in [-0.05, 0) is 42.7 Å². The van der Waals surface area contributed by atoms with Gasteiger partial charge < -0.3 is 10.6 Å². The number of nitrogens with zero attached hydrogens (tertiary/aromatic N) is 1. The summed E-state index contributed by atoms with van der Waals surface area (Å²) in [6.07, 6.45) is 2.22.